The Morgan fingerprint density at radius 2 is 1.84 bits per heavy atom. The highest BCUT2D eigenvalue weighted by atomic mass is 16.5. The quantitative estimate of drug-likeness (QED) is 0.668. The molecule has 0 unspecified atom stereocenters. The third kappa shape index (κ3) is 5.98. The van der Waals surface area contributed by atoms with Crippen molar-refractivity contribution in [1.29, 1.82) is 0 Å². The van der Waals surface area contributed by atoms with E-state index < -0.39 is 6.04 Å². The standard InChI is InChI=1S/C19H26N2O4/c1-14(22)17(12-15-6-4-3-5-7-15)20-18(23)13-21-10-8-16(9-11-21)19(24)25-2/h3-7,16-17H,8-13H2,1-2H3,(H,20,23)/p+1/t17-/m1/s1. The molecule has 0 aliphatic carbocycles. The SMILES string of the molecule is COC(=O)C1CC[NH+](CC(=O)N[C@H](Cc2ccccc2)C(C)=O)CC1. The second kappa shape index (κ2) is 9.32. The minimum absolute atomic E-state index is 0.0448. The molecule has 1 aromatic carbocycles. The Bertz CT molecular complexity index is 595. The van der Waals surface area contributed by atoms with Crippen LogP contribution in [0.4, 0.5) is 0 Å². The summed E-state index contributed by atoms with van der Waals surface area (Å²) in [6.07, 6.45) is 1.96. The van der Waals surface area contributed by atoms with Crippen molar-refractivity contribution < 1.29 is 24.0 Å². The van der Waals surface area contributed by atoms with Gasteiger partial charge in [0, 0.05) is 12.8 Å². The first-order valence-electron chi connectivity index (χ1n) is 8.74. The van der Waals surface area contributed by atoms with E-state index in [1.807, 2.05) is 30.3 Å². The fourth-order valence-corrected chi connectivity index (χ4v) is 3.22. The molecular weight excluding hydrogens is 320 g/mol. The zero-order chi connectivity index (χ0) is 18.2. The summed E-state index contributed by atoms with van der Waals surface area (Å²) < 4.78 is 4.78. The molecule has 2 N–H and O–H groups in total. The van der Waals surface area contributed by atoms with E-state index in [1.165, 1.54) is 14.0 Å². The predicted octanol–water partition coefficient (Wildman–Crippen LogP) is -0.229. The zero-order valence-corrected chi connectivity index (χ0v) is 14.9. The van der Waals surface area contributed by atoms with E-state index in [-0.39, 0.29) is 23.6 Å². The summed E-state index contributed by atoms with van der Waals surface area (Å²) >= 11 is 0. The van der Waals surface area contributed by atoms with Crippen LogP contribution in [-0.4, -0.2) is 50.4 Å². The van der Waals surface area contributed by atoms with Crippen molar-refractivity contribution in [3.05, 3.63) is 35.9 Å². The number of amides is 1. The smallest absolute Gasteiger partial charge is 0.309 e. The highest BCUT2D eigenvalue weighted by molar-refractivity contribution is 5.88. The van der Waals surface area contributed by atoms with Gasteiger partial charge in [0.2, 0.25) is 0 Å². The molecule has 1 aliphatic heterocycles. The minimum atomic E-state index is -0.498. The molecule has 6 heteroatoms. The number of quaternary nitrogens is 1. The lowest BCUT2D eigenvalue weighted by Crippen LogP contribution is -3.14. The van der Waals surface area contributed by atoms with Crippen LogP contribution in [0.3, 0.4) is 0 Å². The summed E-state index contributed by atoms with van der Waals surface area (Å²) in [4.78, 5) is 36.8. The summed E-state index contributed by atoms with van der Waals surface area (Å²) in [5.74, 6) is -0.387. The van der Waals surface area contributed by atoms with Crippen LogP contribution in [0.15, 0.2) is 30.3 Å². The molecular formula is C19H27N2O4+. The number of piperidine rings is 1. The van der Waals surface area contributed by atoms with Gasteiger partial charge in [-0.25, -0.2) is 0 Å². The van der Waals surface area contributed by atoms with Gasteiger partial charge in [-0.1, -0.05) is 30.3 Å². The highest BCUT2D eigenvalue weighted by Crippen LogP contribution is 2.10. The van der Waals surface area contributed by atoms with Gasteiger partial charge in [0.1, 0.15) is 0 Å². The lowest BCUT2D eigenvalue weighted by Gasteiger charge is -2.28. The van der Waals surface area contributed by atoms with Crippen LogP contribution in [0.25, 0.3) is 0 Å². The van der Waals surface area contributed by atoms with Gasteiger partial charge in [-0.2, -0.15) is 0 Å². The van der Waals surface area contributed by atoms with Crippen molar-refractivity contribution in [1.82, 2.24) is 5.32 Å². The van der Waals surface area contributed by atoms with Gasteiger partial charge in [0.15, 0.2) is 12.3 Å². The van der Waals surface area contributed by atoms with Gasteiger partial charge >= 0.3 is 5.97 Å². The summed E-state index contributed by atoms with van der Waals surface area (Å²) in [6, 6.07) is 9.16. The number of ether oxygens (including phenoxy) is 1. The normalized spacial score (nSPS) is 21.2. The Labute approximate surface area is 148 Å². The number of hydrogen-bond donors (Lipinski definition) is 2. The molecule has 1 amide bonds. The van der Waals surface area contributed by atoms with Gasteiger partial charge in [0.05, 0.1) is 32.2 Å². The van der Waals surface area contributed by atoms with Crippen molar-refractivity contribution in [3.8, 4) is 0 Å². The van der Waals surface area contributed by atoms with Gasteiger partial charge < -0.3 is 15.0 Å². The first-order valence-corrected chi connectivity index (χ1v) is 8.74. The number of Topliss-reactive ketones (excluding diaryl/α,β-unsaturated/α-hetero) is 1. The van der Waals surface area contributed by atoms with E-state index in [0.29, 0.717) is 13.0 Å². The number of rotatable bonds is 7. The van der Waals surface area contributed by atoms with E-state index >= 15 is 0 Å². The molecule has 1 fully saturated rings. The maximum absolute atomic E-state index is 12.3. The van der Waals surface area contributed by atoms with Crippen molar-refractivity contribution >= 4 is 17.7 Å². The Kier molecular flexibility index (Phi) is 7.13. The molecule has 6 nitrogen and oxygen atoms in total. The number of likely N-dealkylation sites (tertiary alicyclic amines) is 1. The topological polar surface area (TPSA) is 76.9 Å². The fraction of sp³-hybridized carbons (Fsp3) is 0.526. The maximum atomic E-state index is 12.3. The number of nitrogens with one attached hydrogen (secondary N) is 2. The van der Waals surface area contributed by atoms with Gasteiger partial charge in [-0.15, -0.1) is 0 Å². The van der Waals surface area contributed by atoms with Crippen LogP contribution in [-0.2, 0) is 25.5 Å². The largest absolute Gasteiger partial charge is 0.469 e. The molecule has 0 spiro atoms. The number of hydrogen-bond acceptors (Lipinski definition) is 4. The summed E-state index contributed by atoms with van der Waals surface area (Å²) in [6.45, 7) is 3.35. The Balaban J connectivity index is 1.82. The van der Waals surface area contributed by atoms with Crippen LogP contribution >= 0.6 is 0 Å². The van der Waals surface area contributed by atoms with E-state index in [9.17, 15) is 14.4 Å². The Morgan fingerprint density at radius 1 is 1.20 bits per heavy atom. The summed E-state index contributed by atoms with van der Waals surface area (Å²) in [5, 5.41) is 2.86. The molecule has 0 bridgehead atoms. The van der Waals surface area contributed by atoms with E-state index in [0.717, 1.165) is 36.4 Å². The molecule has 1 aliphatic rings. The van der Waals surface area contributed by atoms with Crippen LogP contribution < -0.4 is 10.2 Å². The number of benzene rings is 1. The summed E-state index contributed by atoms with van der Waals surface area (Å²) in [7, 11) is 1.41. The molecule has 2 rings (SSSR count). The third-order valence-electron chi connectivity index (χ3n) is 4.75. The molecule has 1 heterocycles. The number of carbonyl (C=O) groups excluding carboxylic acids is 3. The number of esters is 1. The third-order valence-corrected chi connectivity index (χ3v) is 4.75. The lowest BCUT2D eigenvalue weighted by molar-refractivity contribution is -0.897. The molecule has 1 atom stereocenters. The van der Waals surface area contributed by atoms with Crippen LogP contribution in [0.2, 0.25) is 0 Å². The zero-order valence-electron chi connectivity index (χ0n) is 14.9. The second-order valence-corrected chi connectivity index (χ2v) is 6.64. The van der Waals surface area contributed by atoms with Crippen molar-refractivity contribution in [3.63, 3.8) is 0 Å². The van der Waals surface area contributed by atoms with Crippen molar-refractivity contribution in [2.75, 3.05) is 26.7 Å². The van der Waals surface area contributed by atoms with Crippen LogP contribution in [0.5, 0.6) is 0 Å². The van der Waals surface area contributed by atoms with Crippen LogP contribution in [0.1, 0.15) is 25.3 Å². The highest BCUT2D eigenvalue weighted by Gasteiger charge is 2.29. The number of carbonyl (C=O) groups is 3. The molecule has 25 heavy (non-hydrogen) atoms. The minimum Gasteiger partial charge on any atom is -0.469 e. The molecule has 136 valence electrons. The van der Waals surface area contributed by atoms with Crippen molar-refractivity contribution in [2.24, 2.45) is 5.92 Å². The molecule has 0 aromatic heterocycles. The van der Waals surface area contributed by atoms with Crippen molar-refractivity contribution in [2.45, 2.75) is 32.2 Å². The van der Waals surface area contributed by atoms with E-state index in [1.54, 1.807) is 0 Å². The maximum Gasteiger partial charge on any atom is 0.309 e. The Morgan fingerprint density at radius 3 is 2.40 bits per heavy atom. The lowest BCUT2D eigenvalue weighted by atomic mass is 9.97. The first kappa shape index (κ1) is 19.1. The van der Waals surface area contributed by atoms with Crippen LogP contribution in [0, 0.1) is 5.92 Å². The average Bonchev–Trinajstić information content (AvgIpc) is 2.62. The molecule has 0 radical (unpaired) electrons. The molecule has 0 saturated carbocycles. The predicted molar refractivity (Wildman–Crippen MR) is 93.1 cm³/mol. The molecule has 1 aromatic rings. The van der Waals surface area contributed by atoms with E-state index in [2.05, 4.69) is 5.32 Å². The number of methoxy groups -OCH3 is 1. The second-order valence-electron chi connectivity index (χ2n) is 6.64. The van der Waals surface area contributed by atoms with Gasteiger partial charge in [-0.3, -0.25) is 14.4 Å². The van der Waals surface area contributed by atoms with Gasteiger partial charge in [0.25, 0.3) is 5.91 Å². The fourth-order valence-electron chi connectivity index (χ4n) is 3.22. The van der Waals surface area contributed by atoms with E-state index in [4.69, 9.17) is 4.74 Å². The van der Waals surface area contributed by atoms with Gasteiger partial charge in [-0.05, 0) is 18.9 Å². The summed E-state index contributed by atoms with van der Waals surface area (Å²) in [5.41, 5.74) is 1.02. The average molecular weight is 347 g/mol. The first-order chi connectivity index (χ1) is 12.0. The Hall–Kier alpha value is -2.21. The monoisotopic (exact) mass is 347 g/mol. The number of ketones is 1. The molecule has 1 saturated heterocycles.